The molecule has 10 heteroatoms. The lowest BCUT2D eigenvalue weighted by molar-refractivity contribution is -0.147. The van der Waals surface area contributed by atoms with Gasteiger partial charge in [-0.15, -0.1) is 0 Å². The van der Waals surface area contributed by atoms with E-state index in [0.29, 0.717) is 12.1 Å². The number of carbonyl (C=O) groups is 4. The number of aliphatic hydroxyl groups excluding tert-OH is 2. The van der Waals surface area contributed by atoms with Gasteiger partial charge in [0.15, 0.2) is 0 Å². The van der Waals surface area contributed by atoms with Crippen LogP contribution in [0.5, 0.6) is 0 Å². The molecule has 2 amide bonds. The van der Waals surface area contributed by atoms with E-state index < -0.39 is 30.6 Å². The molecule has 1 aromatic carbocycles. The van der Waals surface area contributed by atoms with Crippen molar-refractivity contribution in [2.75, 3.05) is 39.5 Å². The zero-order chi connectivity index (χ0) is 23.4. The Bertz CT molecular complexity index is 734. The van der Waals surface area contributed by atoms with Crippen molar-refractivity contribution in [2.45, 2.75) is 27.3 Å². The average molecular weight is 438 g/mol. The molecule has 10 nitrogen and oxygen atoms in total. The van der Waals surface area contributed by atoms with E-state index in [2.05, 4.69) is 5.32 Å². The molecule has 0 unspecified atom stereocenters. The maximum absolute atomic E-state index is 12.8. The van der Waals surface area contributed by atoms with E-state index in [-0.39, 0.29) is 38.1 Å². The Kier molecular flexibility index (Phi) is 10.6. The lowest BCUT2D eigenvalue weighted by Gasteiger charge is -2.22. The number of ether oxygens (including phenoxy) is 2. The second-order valence-electron chi connectivity index (χ2n) is 7.68. The zero-order valence-corrected chi connectivity index (χ0v) is 18.1. The van der Waals surface area contributed by atoms with Crippen LogP contribution < -0.4 is 5.32 Å². The minimum Gasteiger partial charge on any atom is -0.462 e. The Morgan fingerprint density at radius 1 is 0.903 bits per heavy atom. The highest BCUT2D eigenvalue weighted by Gasteiger charge is 2.21. The maximum Gasteiger partial charge on any atom is 0.331 e. The van der Waals surface area contributed by atoms with Crippen molar-refractivity contribution in [3.05, 3.63) is 35.4 Å². The third-order valence-corrected chi connectivity index (χ3v) is 4.13. The zero-order valence-electron chi connectivity index (χ0n) is 18.1. The van der Waals surface area contributed by atoms with Crippen molar-refractivity contribution in [3.8, 4) is 0 Å². The van der Waals surface area contributed by atoms with Crippen molar-refractivity contribution in [1.29, 1.82) is 0 Å². The highest BCUT2D eigenvalue weighted by Crippen LogP contribution is 2.13. The first-order valence-corrected chi connectivity index (χ1v) is 9.78. The molecule has 0 aliphatic rings. The lowest BCUT2D eigenvalue weighted by Crippen LogP contribution is -2.37. The molecule has 31 heavy (non-hydrogen) atoms. The number of hydrogen-bond donors (Lipinski definition) is 3. The Labute approximate surface area is 181 Å². The largest absolute Gasteiger partial charge is 0.462 e. The number of nitrogens with zero attached hydrogens (tertiary/aromatic N) is 1. The minimum absolute atomic E-state index is 0.0185. The second kappa shape index (κ2) is 12.7. The van der Waals surface area contributed by atoms with Crippen LogP contribution in [0.1, 0.15) is 36.7 Å². The van der Waals surface area contributed by atoms with Crippen LogP contribution >= 0.6 is 0 Å². The summed E-state index contributed by atoms with van der Waals surface area (Å²) in [4.78, 5) is 48.3. The molecule has 1 aromatic rings. The van der Waals surface area contributed by atoms with Gasteiger partial charge in [0.1, 0.15) is 26.4 Å². The predicted molar refractivity (Wildman–Crippen MR) is 110 cm³/mol. The van der Waals surface area contributed by atoms with Gasteiger partial charge in [0, 0.05) is 17.5 Å². The fourth-order valence-electron chi connectivity index (χ4n) is 2.34. The molecule has 0 radical (unpaired) electrons. The van der Waals surface area contributed by atoms with Crippen molar-refractivity contribution in [1.82, 2.24) is 10.2 Å². The molecule has 0 bridgehead atoms. The van der Waals surface area contributed by atoms with E-state index >= 15 is 0 Å². The van der Waals surface area contributed by atoms with E-state index in [1.165, 1.54) is 4.90 Å². The normalized spacial score (nSPS) is 10.9. The van der Waals surface area contributed by atoms with Crippen LogP contribution in [0.3, 0.4) is 0 Å². The van der Waals surface area contributed by atoms with Crippen LogP contribution in [0.2, 0.25) is 0 Å². The SMILES string of the molecule is CC(C)(C)C(=O)NCc1ccc(C(=O)N(CCOC(=O)CO)CCOC(=O)CO)cc1. The van der Waals surface area contributed by atoms with Crippen LogP contribution in [-0.2, 0) is 30.4 Å². The van der Waals surface area contributed by atoms with Crippen LogP contribution in [0, 0.1) is 5.41 Å². The number of rotatable bonds is 11. The standard InChI is InChI=1S/C21H30N2O8/c1-21(2,3)20(29)22-12-15-4-6-16(7-5-15)19(28)23(8-10-30-17(26)13-24)9-11-31-18(27)14-25/h4-7,24-25H,8-14H2,1-3H3,(H,22,29). The number of amides is 2. The third-order valence-electron chi connectivity index (χ3n) is 4.13. The van der Waals surface area contributed by atoms with E-state index in [1.807, 2.05) is 20.8 Å². The van der Waals surface area contributed by atoms with Gasteiger partial charge in [0.2, 0.25) is 5.91 Å². The summed E-state index contributed by atoms with van der Waals surface area (Å²) in [5, 5.41) is 20.2. The van der Waals surface area contributed by atoms with Gasteiger partial charge in [0.05, 0.1) is 13.1 Å². The molecular weight excluding hydrogens is 408 g/mol. The third kappa shape index (κ3) is 9.58. The molecular formula is C21H30N2O8. The van der Waals surface area contributed by atoms with Crippen molar-refractivity contribution >= 4 is 23.8 Å². The molecule has 172 valence electrons. The molecule has 1 rings (SSSR count). The van der Waals surface area contributed by atoms with Gasteiger partial charge in [-0.25, -0.2) is 9.59 Å². The van der Waals surface area contributed by atoms with Crippen LogP contribution in [0.25, 0.3) is 0 Å². The van der Waals surface area contributed by atoms with E-state index in [9.17, 15) is 19.2 Å². The summed E-state index contributed by atoms with van der Waals surface area (Å²) >= 11 is 0. The van der Waals surface area contributed by atoms with Gasteiger partial charge in [-0.3, -0.25) is 9.59 Å². The monoisotopic (exact) mass is 438 g/mol. The van der Waals surface area contributed by atoms with E-state index in [0.717, 1.165) is 5.56 Å². The maximum atomic E-state index is 12.8. The first-order valence-electron chi connectivity index (χ1n) is 9.78. The van der Waals surface area contributed by atoms with Gasteiger partial charge in [-0.1, -0.05) is 32.9 Å². The molecule has 3 N–H and O–H groups in total. The smallest absolute Gasteiger partial charge is 0.331 e. The first kappa shape index (κ1) is 26.1. The molecule has 0 heterocycles. The van der Waals surface area contributed by atoms with Crippen molar-refractivity contribution in [3.63, 3.8) is 0 Å². The number of hydrogen-bond acceptors (Lipinski definition) is 8. The summed E-state index contributed by atoms with van der Waals surface area (Å²) in [5.41, 5.74) is 0.664. The highest BCUT2D eigenvalue weighted by molar-refractivity contribution is 5.94. The van der Waals surface area contributed by atoms with Crippen molar-refractivity contribution < 1.29 is 38.9 Å². The van der Waals surface area contributed by atoms with Crippen LogP contribution in [0.4, 0.5) is 0 Å². The van der Waals surface area contributed by atoms with Crippen molar-refractivity contribution in [2.24, 2.45) is 5.41 Å². The Balaban J connectivity index is 2.75. The number of nitrogens with one attached hydrogen (secondary N) is 1. The van der Waals surface area contributed by atoms with E-state index in [1.54, 1.807) is 24.3 Å². The number of esters is 2. The fourth-order valence-corrected chi connectivity index (χ4v) is 2.34. The summed E-state index contributed by atoms with van der Waals surface area (Å²) < 4.78 is 9.57. The molecule has 0 aliphatic carbocycles. The molecule has 0 aromatic heterocycles. The molecule has 0 saturated heterocycles. The number of carbonyl (C=O) groups excluding carboxylic acids is 4. The number of benzene rings is 1. The Morgan fingerprint density at radius 2 is 1.39 bits per heavy atom. The summed E-state index contributed by atoms with van der Waals surface area (Å²) in [5.74, 6) is -2.11. The molecule has 0 aliphatic heterocycles. The Hall–Kier alpha value is -2.98. The van der Waals surface area contributed by atoms with Gasteiger partial charge in [0.25, 0.3) is 5.91 Å². The summed E-state index contributed by atoms with van der Waals surface area (Å²) in [6, 6.07) is 6.64. The van der Waals surface area contributed by atoms with Gasteiger partial charge in [-0.2, -0.15) is 0 Å². The molecule has 0 saturated carbocycles. The molecule has 0 fully saturated rings. The summed E-state index contributed by atoms with van der Waals surface area (Å²) in [7, 11) is 0. The van der Waals surface area contributed by atoms with E-state index in [4.69, 9.17) is 19.7 Å². The summed E-state index contributed by atoms with van der Waals surface area (Å²) in [6.45, 7) is 3.98. The fraction of sp³-hybridized carbons (Fsp3) is 0.524. The lowest BCUT2D eigenvalue weighted by atomic mass is 9.95. The van der Waals surface area contributed by atoms with Crippen LogP contribution in [-0.4, -0.2) is 78.4 Å². The minimum atomic E-state index is -0.819. The first-order chi connectivity index (χ1) is 14.6. The topological polar surface area (TPSA) is 142 Å². The molecule has 0 atom stereocenters. The quantitative estimate of drug-likeness (QED) is 0.405. The highest BCUT2D eigenvalue weighted by atomic mass is 16.5. The average Bonchev–Trinajstić information content (AvgIpc) is 2.75. The predicted octanol–water partition coefficient (Wildman–Crippen LogP) is -0.138. The molecule has 0 spiro atoms. The Morgan fingerprint density at radius 3 is 1.81 bits per heavy atom. The summed E-state index contributed by atoms with van der Waals surface area (Å²) in [6.07, 6.45) is 0. The second-order valence-corrected chi connectivity index (χ2v) is 7.68. The van der Waals surface area contributed by atoms with Gasteiger partial charge >= 0.3 is 11.9 Å². The number of aliphatic hydroxyl groups is 2. The van der Waals surface area contributed by atoms with Gasteiger partial charge < -0.3 is 29.9 Å². The van der Waals surface area contributed by atoms with Gasteiger partial charge in [-0.05, 0) is 17.7 Å². The van der Waals surface area contributed by atoms with Crippen LogP contribution in [0.15, 0.2) is 24.3 Å².